The van der Waals surface area contributed by atoms with Gasteiger partial charge in [0, 0.05) is 55.6 Å². The van der Waals surface area contributed by atoms with Crippen LogP contribution in [0.4, 0.5) is 23.0 Å². The minimum absolute atomic E-state index is 0.0193. The summed E-state index contributed by atoms with van der Waals surface area (Å²) >= 11 is 0. The maximum absolute atomic E-state index is 12.1. The summed E-state index contributed by atoms with van der Waals surface area (Å²) in [5, 5.41) is 14.7. The predicted octanol–water partition coefficient (Wildman–Crippen LogP) is 2.64. The van der Waals surface area contributed by atoms with Crippen molar-refractivity contribution >= 4 is 28.9 Å². The number of aromatic nitrogens is 4. The monoisotopic (exact) mass is 486 g/mol. The fourth-order valence-electron chi connectivity index (χ4n) is 5.67. The van der Waals surface area contributed by atoms with Crippen LogP contribution in [0.5, 0.6) is 5.88 Å². The van der Waals surface area contributed by atoms with Crippen LogP contribution in [0.25, 0.3) is 0 Å². The number of anilines is 4. The summed E-state index contributed by atoms with van der Waals surface area (Å²) in [6.45, 7) is 6.23. The van der Waals surface area contributed by atoms with Gasteiger partial charge in [0.25, 0.3) is 0 Å². The number of fused-ring (bicyclic) bond motifs is 3. The average molecular weight is 487 g/mol. The van der Waals surface area contributed by atoms with Gasteiger partial charge in [-0.05, 0) is 49.3 Å². The molecular formula is C26H30N8O2. The van der Waals surface area contributed by atoms with Crippen LogP contribution in [0.2, 0.25) is 0 Å². The zero-order valence-electron chi connectivity index (χ0n) is 20.4. The molecule has 3 aliphatic heterocycles. The highest BCUT2D eigenvalue weighted by atomic mass is 16.5. The first-order valence-corrected chi connectivity index (χ1v) is 12.9. The Balaban J connectivity index is 1.16. The second kappa shape index (κ2) is 8.39. The molecule has 3 aromatic rings. The highest BCUT2D eigenvalue weighted by Gasteiger charge is 2.34. The molecule has 4 aliphatic rings. The molecule has 7 rings (SSSR count). The summed E-state index contributed by atoms with van der Waals surface area (Å²) in [4.78, 5) is 23.8. The van der Waals surface area contributed by atoms with Gasteiger partial charge in [-0.3, -0.25) is 9.48 Å². The third-order valence-electron chi connectivity index (χ3n) is 7.66. The summed E-state index contributed by atoms with van der Waals surface area (Å²) in [6, 6.07) is 2.15. The van der Waals surface area contributed by atoms with Crippen molar-refractivity contribution in [1.82, 2.24) is 25.1 Å². The predicted molar refractivity (Wildman–Crippen MR) is 136 cm³/mol. The normalized spacial score (nSPS) is 18.7. The fourth-order valence-corrected chi connectivity index (χ4v) is 5.67. The number of pyridine rings is 2. The zero-order chi connectivity index (χ0) is 24.2. The second-order valence-electron chi connectivity index (χ2n) is 10.1. The first-order chi connectivity index (χ1) is 17.6. The average Bonchev–Trinajstić information content (AvgIpc) is 3.70. The Hall–Kier alpha value is -3.82. The zero-order valence-corrected chi connectivity index (χ0v) is 20.4. The lowest BCUT2D eigenvalue weighted by molar-refractivity contribution is -0.121. The largest absolute Gasteiger partial charge is 0.474 e. The van der Waals surface area contributed by atoms with E-state index in [1.807, 2.05) is 17.1 Å². The van der Waals surface area contributed by atoms with Crippen LogP contribution < -0.4 is 25.6 Å². The molecule has 0 bridgehead atoms. The van der Waals surface area contributed by atoms with E-state index in [-0.39, 0.29) is 12.5 Å². The van der Waals surface area contributed by atoms with E-state index in [4.69, 9.17) is 14.8 Å². The lowest BCUT2D eigenvalue weighted by Gasteiger charge is -2.33. The number of ether oxygens (including phenoxy) is 1. The molecule has 0 aromatic carbocycles. The van der Waals surface area contributed by atoms with Crippen LogP contribution in [0.3, 0.4) is 0 Å². The minimum atomic E-state index is 0.0193. The molecule has 1 amide bonds. The van der Waals surface area contributed by atoms with Crippen molar-refractivity contribution in [2.24, 2.45) is 0 Å². The highest BCUT2D eigenvalue weighted by molar-refractivity contribution is 5.76. The van der Waals surface area contributed by atoms with Crippen molar-refractivity contribution in [2.45, 2.75) is 51.6 Å². The van der Waals surface area contributed by atoms with Gasteiger partial charge in [-0.25, -0.2) is 9.97 Å². The first kappa shape index (κ1) is 21.5. The van der Waals surface area contributed by atoms with Crippen LogP contribution >= 0.6 is 0 Å². The Morgan fingerprint density at radius 2 is 2.00 bits per heavy atom. The molecule has 1 fully saturated rings. The van der Waals surface area contributed by atoms with Crippen molar-refractivity contribution < 1.29 is 9.53 Å². The second-order valence-corrected chi connectivity index (χ2v) is 10.1. The van der Waals surface area contributed by atoms with E-state index in [9.17, 15) is 4.79 Å². The number of nitrogens with zero attached hydrogens (tertiary/aromatic N) is 5. The van der Waals surface area contributed by atoms with Crippen LogP contribution in [-0.4, -0.2) is 51.9 Å². The molecule has 1 saturated carbocycles. The molecule has 0 saturated heterocycles. The van der Waals surface area contributed by atoms with Gasteiger partial charge >= 0.3 is 0 Å². The topological polar surface area (TPSA) is 109 Å². The molecule has 10 heteroatoms. The van der Waals surface area contributed by atoms with E-state index in [1.54, 1.807) is 0 Å². The molecule has 10 nitrogen and oxygen atoms in total. The number of carbonyl (C=O) groups is 1. The SMILES string of the molecule is Cc1c(N2CCc3cnc(Nc4nn5c(c4C4CC4)CCNC(=O)C5)cc3C2)cnc2c1NCCO2. The summed E-state index contributed by atoms with van der Waals surface area (Å²) in [5.74, 6) is 2.88. The quantitative estimate of drug-likeness (QED) is 0.517. The standard InChI is InChI=1S/C26H30N8O2/c1-15-20(12-30-26-24(15)28-7-9-36-26)33-8-5-17-11-29-21(10-18(17)13-33)31-25-23(16-2-3-16)19-4-6-27-22(35)14-34(19)32-25/h10-12,16,28H,2-9,13-14H2,1H3,(H,27,35)(H,29,31,32). The smallest absolute Gasteiger partial charge is 0.241 e. The minimum Gasteiger partial charge on any atom is -0.474 e. The number of amides is 1. The molecular weight excluding hydrogens is 456 g/mol. The Kier molecular flexibility index (Phi) is 5.00. The van der Waals surface area contributed by atoms with Crippen LogP contribution in [0, 0.1) is 6.92 Å². The Bertz CT molecular complexity index is 1360. The van der Waals surface area contributed by atoms with E-state index in [0.29, 0.717) is 24.9 Å². The van der Waals surface area contributed by atoms with Crippen molar-refractivity contribution in [1.29, 1.82) is 0 Å². The van der Waals surface area contributed by atoms with Crippen LogP contribution in [0.15, 0.2) is 18.5 Å². The van der Waals surface area contributed by atoms with Gasteiger partial charge in [0.15, 0.2) is 5.82 Å². The maximum atomic E-state index is 12.1. The number of hydrogen-bond donors (Lipinski definition) is 3. The summed E-state index contributed by atoms with van der Waals surface area (Å²) in [5.41, 5.74) is 8.29. The van der Waals surface area contributed by atoms with Gasteiger partial charge in [-0.1, -0.05) is 0 Å². The molecule has 0 spiro atoms. The number of rotatable bonds is 4. The van der Waals surface area contributed by atoms with Crippen molar-refractivity contribution in [2.75, 3.05) is 41.8 Å². The Morgan fingerprint density at radius 1 is 1.08 bits per heavy atom. The van der Waals surface area contributed by atoms with Crippen LogP contribution in [0.1, 0.15) is 46.7 Å². The van der Waals surface area contributed by atoms with Crippen LogP contribution in [-0.2, 0) is 30.7 Å². The van der Waals surface area contributed by atoms with Gasteiger partial charge in [0.1, 0.15) is 24.7 Å². The summed E-state index contributed by atoms with van der Waals surface area (Å²) in [7, 11) is 0. The molecule has 3 N–H and O–H groups in total. The van der Waals surface area contributed by atoms with Crippen molar-refractivity contribution in [3.63, 3.8) is 0 Å². The number of carbonyl (C=O) groups excluding carboxylic acids is 1. The lowest BCUT2D eigenvalue weighted by Crippen LogP contribution is -2.32. The third-order valence-corrected chi connectivity index (χ3v) is 7.66. The number of nitrogens with one attached hydrogen (secondary N) is 3. The first-order valence-electron chi connectivity index (χ1n) is 12.9. The van der Waals surface area contributed by atoms with Crippen molar-refractivity contribution in [3.05, 3.63) is 46.4 Å². The molecule has 6 heterocycles. The molecule has 1 aliphatic carbocycles. The molecule has 36 heavy (non-hydrogen) atoms. The van der Waals surface area contributed by atoms with Gasteiger partial charge in [0.2, 0.25) is 11.8 Å². The Morgan fingerprint density at radius 3 is 2.89 bits per heavy atom. The van der Waals surface area contributed by atoms with Gasteiger partial charge in [0.05, 0.1) is 11.9 Å². The maximum Gasteiger partial charge on any atom is 0.241 e. The third kappa shape index (κ3) is 3.71. The van der Waals surface area contributed by atoms with Crippen molar-refractivity contribution in [3.8, 4) is 5.88 Å². The highest BCUT2D eigenvalue weighted by Crippen LogP contribution is 2.46. The van der Waals surface area contributed by atoms with E-state index in [1.165, 1.54) is 40.8 Å². The summed E-state index contributed by atoms with van der Waals surface area (Å²) < 4.78 is 7.59. The molecule has 0 unspecified atom stereocenters. The van der Waals surface area contributed by atoms with Gasteiger partial charge in [-0.2, -0.15) is 5.10 Å². The van der Waals surface area contributed by atoms with Gasteiger partial charge < -0.3 is 25.6 Å². The molecule has 3 aromatic heterocycles. The summed E-state index contributed by atoms with van der Waals surface area (Å²) in [6.07, 6.45) is 8.03. The van der Waals surface area contributed by atoms with E-state index in [0.717, 1.165) is 55.5 Å². The Labute approximate surface area is 209 Å². The van der Waals surface area contributed by atoms with E-state index in [2.05, 4.69) is 38.8 Å². The molecule has 0 atom stereocenters. The van der Waals surface area contributed by atoms with Gasteiger partial charge in [-0.15, -0.1) is 0 Å². The molecule has 186 valence electrons. The lowest BCUT2D eigenvalue weighted by atomic mass is 10.0. The molecule has 0 radical (unpaired) electrons. The number of hydrogen-bond acceptors (Lipinski definition) is 8. The fraction of sp³-hybridized carbons (Fsp3) is 0.462. The van der Waals surface area contributed by atoms with E-state index < -0.39 is 0 Å². The van der Waals surface area contributed by atoms with E-state index >= 15 is 0 Å².